The predicted molar refractivity (Wildman–Crippen MR) is 110 cm³/mol. The maximum absolute atomic E-state index is 5.50. The van der Waals surface area contributed by atoms with Gasteiger partial charge in [-0.3, -0.25) is 9.80 Å². The van der Waals surface area contributed by atoms with Crippen molar-refractivity contribution in [3.05, 3.63) is 0 Å². The summed E-state index contributed by atoms with van der Waals surface area (Å²) in [7, 11) is -0.243. The van der Waals surface area contributed by atoms with E-state index in [0.717, 1.165) is 18.5 Å². The Labute approximate surface area is 157 Å². The molecule has 4 fully saturated rings. The monoisotopic (exact) mass is 368 g/mol. The van der Waals surface area contributed by atoms with Crippen LogP contribution in [0.1, 0.15) is 53.9 Å². The van der Waals surface area contributed by atoms with Crippen LogP contribution in [-0.4, -0.2) is 82.8 Å². The Kier molecular flexibility index (Phi) is 4.55. The van der Waals surface area contributed by atoms with Gasteiger partial charge in [0.1, 0.15) is 0 Å². The molecular weight excluding hydrogens is 328 g/mol. The minimum Gasteiger partial charge on any atom is -0.380 e. The van der Waals surface area contributed by atoms with Gasteiger partial charge in [0.05, 0.1) is 13.2 Å². The van der Waals surface area contributed by atoms with Crippen LogP contribution in [0.2, 0.25) is 0 Å². The molecule has 4 rings (SSSR count). The number of rotatable bonds is 3. The van der Waals surface area contributed by atoms with Crippen LogP contribution >= 0.6 is 10.0 Å². The Morgan fingerprint density at radius 2 is 1.52 bits per heavy atom. The van der Waals surface area contributed by atoms with Crippen molar-refractivity contribution in [1.82, 2.24) is 9.80 Å². The third-order valence-electron chi connectivity index (χ3n) is 7.82. The van der Waals surface area contributed by atoms with Gasteiger partial charge < -0.3 is 4.74 Å². The molecule has 4 heteroatoms. The summed E-state index contributed by atoms with van der Waals surface area (Å²) in [5.74, 6) is 4.62. The molecule has 4 aliphatic heterocycles. The van der Waals surface area contributed by atoms with Gasteiger partial charge in [-0.2, -0.15) is 0 Å². The molecule has 4 aliphatic rings. The summed E-state index contributed by atoms with van der Waals surface area (Å²) in [6, 6.07) is 0. The molecule has 1 atom stereocenters. The van der Waals surface area contributed by atoms with Crippen LogP contribution < -0.4 is 0 Å². The van der Waals surface area contributed by atoms with Gasteiger partial charge >= 0.3 is 0 Å². The van der Waals surface area contributed by atoms with E-state index in [4.69, 9.17) is 4.74 Å². The molecule has 25 heavy (non-hydrogen) atoms. The lowest BCUT2D eigenvalue weighted by Gasteiger charge is -2.51. The molecule has 146 valence electrons. The summed E-state index contributed by atoms with van der Waals surface area (Å²) in [5, 5.41) is 1.06. The fourth-order valence-electron chi connectivity index (χ4n) is 5.49. The number of nitrogens with zero attached hydrogens (tertiary/aromatic N) is 2. The molecule has 4 saturated heterocycles. The first-order valence-electron chi connectivity index (χ1n) is 10.5. The molecular formula is C21H40N2OS. The average molecular weight is 369 g/mol. The molecule has 0 aromatic rings. The van der Waals surface area contributed by atoms with Crippen molar-refractivity contribution in [3.8, 4) is 0 Å². The molecule has 4 heterocycles. The zero-order chi connectivity index (χ0) is 17.9. The van der Waals surface area contributed by atoms with Crippen molar-refractivity contribution in [1.29, 1.82) is 0 Å². The van der Waals surface area contributed by atoms with Gasteiger partial charge in [-0.05, 0) is 89.5 Å². The van der Waals surface area contributed by atoms with Gasteiger partial charge in [0, 0.05) is 29.6 Å². The molecule has 0 bridgehead atoms. The Morgan fingerprint density at radius 1 is 0.920 bits per heavy atom. The van der Waals surface area contributed by atoms with E-state index in [2.05, 4.69) is 44.4 Å². The number of hydrogen-bond acceptors (Lipinski definition) is 3. The maximum Gasteiger partial charge on any atom is 0.0545 e. The number of ether oxygens (including phenoxy) is 1. The van der Waals surface area contributed by atoms with Gasteiger partial charge in [-0.25, -0.2) is 10.0 Å². The highest BCUT2D eigenvalue weighted by Gasteiger charge is 2.53. The van der Waals surface area contributed by atoms with E-state index in [1.54, 1.807) is 5.75 Å². The molecule has 0 aromatic heterocycles. The SMILES string of the molecule is CC(C)(C)N1CCS2(CC1)CC2CC(C)(C)N1CCC2(CC1)COC2. The van der Waals surface area contributed by atoms with Gasteiger partial charge in [-0.15, -0.1) is 0 Å². The highest BCUT2D eigenvalue weighted by Crippen LogP contribution is 2.71. The van der Waals surface area contributed by atoms with Crippen molar-refractivity contribution >= 4 is 10.0 Å². The molecule has 0 aliphatic carbocycles. The van der Waals surface area contributed by atoms with Crippen LogP contribution in [0.15, 0.2) is 0 Å². The molecule has 0 radical (unpaired) electrons. The van der Waals surface area contributed by atoms with Crippen molar-refractivity contribution in [3.63, 3.8) is 0 Å². The Balaban J connectivity index is 1.28. The summed E-state index contributed by atoms with van der Waals surface area (Å²) in [6.45, 7) is 19.5. The largest absolute Gasteiger partial charge is 0.380 e. The molecule has 1 unspecified atom stereocenters. The fraction of sp³-hybridized carbons (Fsp3) is 1.00. The van der Waals surface area contributed by atoms with Gasteiger partial charge in [0.2, 0.25) is 0 Å². The number of likely N-dealkylation sites (tertiary alicyclic amines) is 1. The Bertz CT molecular complexity index is 491. The van der Waals surface area contributed by atoms with Gasteiger partial charge in [0.25, 0.3) is 0 Å². The highest BCUT2D eigenvalue weighted by molar-refractivity contribution is 8.40. The van der Waals surface area contributed by atoms with Crippen LogP contribution in [0.3, 0.4) is 0 Å². The van der Waals surface area contributed by atoms with Gasteiger partial charge in [0.15, 0.2) is 0 Å². The molecule has 2 spiro atoms. The molecule has 0 N–H and O–H groups in total. The van der Waals surface area contributed by atoms with Crippen molar-refractivity contribution in [2.75, 3.05) is 56.7 Å². The highest BCUT2D eigenvalue weighted by atomic mass is 32.3. The number of hydrogen-bond donors (Lipinski definition) is 0. The average Bonchev–Trinajstić information content (AvgIpc) is 3.15. The lowest BCUT2D eigenvalue weighted by Crippen LogP contribution is -2.56. The minimum atomic E-state index is -0.243. The second-order valence-electron chi connectivity index (χ2n) is 11.0. The summed E-state index contributed by atoms with van der Waals surface area (Å²) in [4.78, 5) is 5.53. The third kappa shape index (κ3) is 3.53. The van der Waals surface area contributed by atoms with Crippen LogP contribution in [0, 0.1) is 5.41 Å². The molecule has 3 nitrogen and oxygen atoms in total. The fourth-order valence-corrected chi connectivity index (χ4v) is 9.98. The summed E-state index contributed by atoms with van der Waals surface area (Å²) in [5.41, 5.74) is 1.33. The lowest BCUT2D eigenvalue weighted by atomic mass is 9.75. The number of piperidine rings is 1. The molecule has 0 amide bonds. The van der Waals surface area contributed by atoms with E-state index in [9.17, 15) is 0 Å². The normalized spacial score (nSPS) is 34.0. The quantitative estimate of drug-likeness (QED) is 0.708. The summed E-state index contributed by atoms with van der Waals surface area (Å²) >= 11 is 0. The van der Waals surface area contributed by atoms with Crippen molar-refractivity contribution in [2.45, 2.75) is 70.2 Å². The maximum atomic E-state index is 5.50. The molecule has 0 aromatic carbocycles. The van der Waals surface area contributed by atoms with E-state index >= 15 is 0 Å². The van der Waals surface area contributed by atoms with Gasteiger partial charge in [-0.1, -0.05) is 0 Å². The Morgan fingerprint density at radius 3 is 2.00 bits per heavy atom. The van der Waals surface area contributed by atoms with Crippen molar-refractivity contribution < 1.29 is 4.74 Å². The zero-order valence-electron chi connectivity index (χ0n) is 17.3. The van der Waals surface area contributed by atoms with Crippen LogP contribution in [0.5, 0.6) is 0 Å². The Hall–Kier alpha value is 0.230. The summed E-state index contributed by atoms with van der Waals surface area (Å²) in [6.07, 6.45) is 4.17. The molecule has 0 saturated carbocycles. The minimum absolute atomic E-state index is 0.243. The standard InChI is InChI=1S/C21H40N2OS/c1-19(2,3)22-10-12-25(13-11-22)15-18(25)14-20(4,5)23-8-6-21(7-9-23)16-24-17-21/h18H,6-17H2,1-5H3. The third-order valence-corrected chi connectivity index (χ3v) is 12.2. The lowest BCUT2D eigenvalue weighted by molar-refractivity contribution is -0.147. The first-order valence-corrected chi connectivity index (χ1v) is 12.7. The first kappa shape index (κ1) is 18.6. The zero-order valence-corrected chi connectivity index (χ0v) is 18.1. The van der Waals surface area contributed by atoms with E-state index < -0.39 is 0 Å². The second kappa shape index (κ2) is 6.12. The predicted octanol–water partition coefficient (Wildman–Crippen LogP) is 3.57. The topological polar surface area (TPSA) is 15.7 Å². The van der Waals surface area contributed by atoms with E-state index in [0.29, 0.717) is 16.5 Å². The van der Waals surface area contributed by atoms with Crippen LogP contribution in [0.4, 0.5) is 0 Å². The first-order chi connectivity index (χ1) is 11.6. The van der Waals surface area contributed by atoms with E-state index in [-0.39, 0.29) is 10.0 Å². The summed E-state index contributed by atoms with van der Waals surface area (Å²) < 4.78 is 5.50. The van der Waals surface area contributed by atoms with Crippen LogP contribution in [0.25, 0.3) is 0 Å². The second-order valence-corrected chi connectivity index (χ2v) is 15.0. The van der Waals surface area contributed by atoms with Crippen LogP contribution in [-0.2, 0) is 4.74 Å². The van der Waals surface area contributed by atoms with Crippen molar-refractivity contribution in [2.24, 2.45) is 5.41 Å². The van der Waals surface area contributed by atoms with E-state index in [1.165, 1.54) is 56.9 Å². The smallest absolute Gasteiger partial charge is 0.0545 e. The van der Waals surface area contributed by atoms with E-state index in [1.807, 2.05) is 0 Å².